The molecule has 1 aromatic carbocycles. The van der Waals surface area contributed by atoms with Crippen LogP contribution in [0, 0.1) is 13.8 Å². The van der Waals surface area contributed by atoms with Crippen LogP contribution in [0.5, 0.6) is 0 Å². The van der Waals surface area contributed by atoms with Gasteiger partial charge in [0.05, 0.1) is 9.90 Å². The van der Waals surface area contributed by atoms with Crippen molar-refractivity contribution in [3.8, 4) is 0 Å². The number of rotatable bonds is 2. The fourth-order valence-corrected chi connectivity index (χ4v) is 2.48. The van der Waals surface area contributed by atoms with Crippen LogP contribution in [0.1, 0.15) is 16.1 Å². The van der Waals surface area contributed by atoms with Crippen molar-refractivity contribution in [2.24, 2.45) is 0 Å². The lowest BCUT2D eigenvalue weighted by molar-refractivity contribution is -0.689. The van der Waals surface area contributed by atoms with E-state index in [-0.39, 0.29) is 0 Å². The van der Waals surface area contributed by atoms with Gasteiger partial charge in [0.2, 0.25) is 5.51 Å². The zero-order chi connectivity index (χ0) is 10.8. The number of thiazole rings is 1. The SMILES string of the molecule is Cc1sc[n+](Cc2ccccc2Cl)c1C. The molecule has 0 saturated heterocycles. The summed E-state index contributed by atoms with van der Waals surface area (Å²) in [6.07, 6.45) is 0. The molecule has 0 atom stereocenters. The molecule has 0 saturated carbocycles. The van der Waals surface area contributed by atoms with Crippen molar-refractivity contribution >= 4 is 22.9 Å². The molecular formula is C12H13ClNS+. The second kappa shape index (κ2) is 4.33. The average Bonchev–Trinajstić information content (AvgIpc) is 2.53. The molecule has 0 bridgehead atoms. The van der Waals surface area contributed by atoms with E-state index >= 15 is 0 Å². The molecule has 0 radical (unpaired) electrons. The van der Waals surface area contributed by atoms with Crippen molar-refractivity contribution in [3.05, 3.63) is 50.9 Å². The van der Waals surface area contributed by atoms with Gasteiger partial charge >= 0.3 is 0 Å². The van der Waals surface area contributed by atoms with Gasteiger partial charge < -0.3 is 0 Å². The van der Waals surface area contributed by atoms with E-state index in [0.29, 0.717) is 0 Å². The van der Waals surface area contributed by atoms with Crippen LogP contribution in [-0.2, 0) is 6.54 Å². The molecule has 78 valence electrons. The minimum absolute atomic E-state index is 0.841. The lowest BCUT2D eigenvalue weighted by atomic mass is 10.2. The quantitative estimate of drug-likeness (QED) is 0.707. The Balaban J connectivity index is 2.30. The van der Waals surface area contributed by atoms with Crippen LogP contribution in [0.4, 0.5) is 0 Å². The van der Waals surface area contributed by atoms with Crippen molar-refractivity contribution < 1.29 is 4.57 Å². The summed E-state index contributed by atoms with van der Waals surface area (Å²) < 4.78 is 2.24. The molecule has 0 unspecified atom stereocenters. The molecule has 1 heterocycles. The smallest absolute Gasteiger partial charge is 0.188 e. The molecule has 0 fully saturated rings. The maximum absolute atomic E-state index is 6.12. The van der Waals surface area contributed by atoms with E-state index in [9.17, 15) is 0 Å². The Kier molecular flexibility index (Phi) is 3.08. The third-order valence-electron chi connectivity index (χ3n) is 2.60. The van der Waals surface area contributed by atoms with E-state index in [1.165, 1.54) is 16.1 Å². The van der Waals surface area contributed by atoms with Gasteiger partial charge in [0.1, 0.15) is 0 Å². The van der Waals surface area contributed by atoms with Gasteiger partial charge in [-0.3, -0.25) is 0 Å². The summed E-state index contributed by atoms with van der Waals surface area (Å²) in [4.78, 5) is 1.36. The summed E-state index contributed by atoms with van der Waals surface area (Å²) in [6, 6.07) is 7.99. The lowest BCUT2D eigenvalue weighted by Gasteiger charge is -1.99. The fraction of sp³-hybridized carbons (Fsp3) is 0.250. The largest absolute Gasteiger partial charge is 0.225 e. The first-order valence-electron chi connectivity index (χ1n) is 4.86. The molecule has 15 heavy (non-hydrogen) atoms. The summed E-state index contributed by atoms with van der Waals surface area (Å²) in [5.41, 5.74) is 4.64. The Morgan fingerprint density at radius 3 is 2.60 bits per heavy atom. The van der Waals surface area contributed by atoms with Gasteiger partial charge in [-0.05, 0) is 13.0 Å². The molecule has 0 amide bonds. The van der Waals surface area contributed by atoms with Crippen LogP contribution < -0.4 is 4.57 Å². The Hall–Kier alpha value is -0.860. The van der Waals surface area contributed by atoms with Crippen molar-refractivity contribution in [1.82, 2.24) is 0 Å². The highest BCUT2D eigenvalue weighted by molar-refractivity contribution is 7.09. The minimum Gasteiger partial charge on any atom is -0.188 e. The van der Waals surface area contributed by atoms with Crippen LogP contribution in [0.25, 0.3) is 0 Å². The summed E-state index contributed by atoms with van der Waals surface area (Å²) in [5, 5.41) is 0.841. The molecular weight excluding hydrogens is 226 g/mol. The third kappa shape index (κ3) is 2.21. The highest BCUT2D eigenvalue weighted by atomic mass is 35.5. The van der Waals surface area contributed by atoms with E-state index in [0.717, 1.165) is 11.6 Å². The van der Waals surface area contributed by atoms with Gasteiger partial charge in [0.15, 0.2) is 12.2 Å². The first-order valence-corrected chi connectivity index (χ1v) is 6.12. The van der Waals surface area contributed by atoms with Gasteiger partial charge in [0, 0.05) is 12.5 Å². The summed E-state index contributed by atoms with van der Waals surface area (Å²) >= 11 is 7.90. The Labute approximate surface area is 99.0 Å². The second-order valence-electron chi connectivity index (χ2n) is 3.58. The molecule has 2 rings (SSSR count). The maximum Gasteiger partial charge on any atom is 0.225 e. The van der Waals surface area contributed by atoms with Gasteiger partial charge in [-0.25, -0.2) is 0 Å². The number of hydrogen-bond donors (Lipinski definition) is 0. The van der Waals surface area contributed by atoms with E-state index in [1.807, 2.05) is 18.2 Å². The zero-order valence-corrected chi connectivity index (χ0v) is 10.4. The molecule has 3 heteroatoms. The van der Waals surface area contributed by atoms with Gasteiger partial charge in [-0.15, -0.1) is 0 Å². The topological polar surface area (TPSA) is 3.88 Å². The number of hydrogen-bond acceptors (Lipinski definition) is 1. The van der Waals surface area contributed by atoms with E-state index in [2.05, 4.69) is 30.0 Å². The molecule has 2 aromatic rings. The zero-order valence-electron chi connectivity index (χ0n) is 8.83. The van der Waals surface area contributed by atoms with Gasteiger partial charge in [-0.2, -0.15) is 4.57 Å². The standard InChI is InChI=1S/C12H13ClNS/c1-9-10(2)15-8-14(9)7-11-5-3-4-6-12(11)13/h3-6,8H,7H2,1-2H3/q+1. The third-order valence-corrected chi connectivity index (χ3v) is 3.97. The van der Waals surface area contributed by atoms with E-state index < -0.39 is 0 Å². The summed E-state index contributed by atoms with van der Waals surface area (Å²) in [5.74, 6) is 0. The summed E-state index contributed by atoms with van der Waals surface area (Å²) in [6.45, 7) is 5.14. The number of halogens is 1. The first kappa shape index (κ1) is 10.7. The predicted molar refractivity (Wildman–Crippen MR) is 64.5 cm³/mol. The fourth-order valence-electron chi connectivity index (χ4n) is 1.48. The van der Waals surface area contributed by atoms with E-state index in [4.69, 9.17) is 11.6 Å². The molecule has 1 nitrogen and oxygen atoms in total. The maximum atomic E-state index is 6.12. The Morgan fingerprint density at radius 2 is 2.00 bits per heavy atom. The van der Waals surface area contributed by atoms with Crippen molar-refractivity contribution in [2.75, 3.05) is 0 Å². The van der Waals surface area contributed by atoms with Gasteiger partial charge in [-0.1, -0.05) is 41.1 Å². The number of nitrogens with zero attached hydrogens (tertiary/aromatic N) is 1. The monoisotopic (exact) mass is 238 g/mol. The average molecular weight is 239 g/mol. The van der Waals surface area contributed by atoms with Crippen LogP contribution in [0.3, 0.4) is 0 Å². The molecule has 0 spiro atoms. The minimum atomic E-state index is 0.841. The number of aryl methyl sites for hydroxylation is 1. The van der Waals surface area contributed by atoms with Crippen LogP contribution >= 0.6 is 22.9 Å². The normalized spacial score (nSPS) is 10.6. The summed E-state index contributed by atoms with van der Waals surface area (Å²) in [7, 11) is 0. The van der Waals surface area contributed by atoms with Crippen LogP contribution in [-0.4, -0.2) is 0 Å². The van der Waals surface area contributed by atoms with Crippen LogP contribution in [0.2, 0.25) is 5.02 Å². The number of aromatic nitrogens is 1. The highest BCUT2D eigenvalue weighted by Crippen LogP contribution is 2.16. The second-order valence-corrected chi connectivity index (χ2v) is 5.05. The molecule has 0 aliphatic heterocycles. The first-order chi connectivity index (χ1) is 7.18. The molecule has 0 aliphatic rings. The van der Waals surface area contributed by atoms with E-state index in [1.54, 1.807) is 11.3 Å². The lowest BCUT2D eigenvalue weighted by Crippen LogP contribution is -2.34. The predicted octanol–water partition coefficient (Wildman–Crippen LogP) is 3.35. The van der Waals surface area contributed by atoms with Crippen molar-refractivity contribution in [3.63, 3.8) is 0 Å². The Morgan fingerprint density at radius 1 is 1.27 bits per heavy atom. The Bertz CT molecular complexity index is 476. The number of benzene rings is 1. The molecule has 0 N–H and O–H groups in total. The van der Waals surface area contributed by atoms with Gasteiger partial charge in [0.25, 0.3) is 0 Å². The van der Waals surface area contributed by atoms with Crippen LogP contribution in [0.15, 0.2) is 29.8 Å². The van der Waals surface area contributed by atoms with Crippen molar-refractivity contribution in [1.29, 1.82) is 0 Å². The molecule has 0 aliphatic carbocycles. The molecule has 1 aromatic heterocycles. The highest BCUT2D eigenvalue weighted by Gasteiger charge is 2.13. The van der Waals surface area contributed by atoms with Crippen molar-refractivity contribution in [2.45, 2.75) is 20.4 Å².